The van der Waals surface area contributed by atoms with Gasteiger partial charge >= 0.3 is 0 Å². The van der Waals surface area contributed by atoms with E-state index >= 15 is 0 Å². The maximum atomic E-state index is 11.4. The van der Waals surface area contributed by atoms with Crippen LogP contribution in [0.2, 0.25) is 0 Å². The van der Waals surface area contributed by atoms with Crippen molar-refractivity contribution in [3.8, 4) is 5.75 Å². The van der Waals surface area contributed by atoms with Crippen molar-refractivity contribution in [2.24, 2.45) is 5.73 Å². The first-order valence-corrected chi connectivity index (χ1v) is 5.56. The molecule has 1 unspecified atom stereocenters. The quantitative estimate of drug-likeness (QED) is 0.841. The molecule has 2 N–H and O–H groups in total. The Balaban J connectivity index is 2.30. The highest BCUT2D eigenvalue weighted by Crippen LogP contribution is 2.38. The maximum Gasteiger partial charge on any atom is 0.133 e. The Kier molecular flexibility index (Phi) is 2.97. The Morgan fingerprint density at radius 1 is 1.38 bits per heavy atom. The van der Waals surface area contributed by atoms with Crippen molar-refractivity contribution in [1.29, 1.82) is 0 Å². The highest BCUT2D eigenvalue weighted by molar-refractivity contribution is 5.83. The molecule has 0 aromatic heterocycles. The number of carbonyl (C=O) groups is 1. The van der Waals surface area contributed by atoms with Gasteiger partial charge in [-0.15, -0.1) is 0 Å². The minimum Gasteiger partial charge on any atom is -0.497 e. The molecule has 2 rings (SSSR count). The summed E-state index contributed by atoms with van der Waals surface area (Å²) in [5.74, 6) is 1.15. The zero-order valence-corrected chi connectivity index (χ0v) is 9.53. The van der Waals surface area contributed by atoms with E-state index < -0.39 is 0 Å². The maximum absolute atomic E-state index is 11.4. The van der Waals surface area contributed by atoms with Gasteiger partial charge in [0.25, 0.3) is 0 Å². The van der Waals surface area contributed by atoms with Crippen LogP contribution in [0, 0.1) is 0 Å². The van der Waals surface area contributed by atoms with Crippen LogP contribution in [0.4, 0.5) is 0 Å². The van der Waals surface area contributed by atoms with Gasteiger partial charge < -0.3 is 10.5 Å². The molecule has 3 heteroatoms. The number of nitrogens with two attached hydrogens (primary N) is 1. The van der Waals surface area contributed by atoms with E-state index in [2.05, 4.69) is 0 Å². The molecule has 0 bridgehead atoms. The van der Waals surface area contributed by atoms with Crippen molar-refractivity contribution in [3.05, 3.63) is 29.8 Å². The number of ether oxygens (including phenoxy) is 1. The third-order valence-corrected chi connectivity index (χ3v) is 3.51. The molecule has 0 heterocycles. The molecule has 0 radical (unpaired) electrons. The predicted molar refractivity (Wildman–Crippen MR) is 62.6 cm³/mol. The summed E-state index contributed by atoms with van der Waals surface area (Å²) < 4.78 is 5.12. The van der Waals surface area contributed by atoms with Gasteiger partial charge in [-0.3, -0.25) is 4.79 Å². The van der Waals surface area contributed by atoms with Gasteiger partial charge in [-0.25, -0.2) is 0 Å². The monoisotopic (exact) mass is 219 g/mol. The highest BCUT2D eigenvalue weighted by Gasteiger charge is 2.38. The number of hydrogen-bond acceptors (Lipinski definition) is 3. The summed E-state index contributed by atoms with van der Waals surface area (Å²) in [5.41, 5.74) is 6.87. The molecule has 1 aromatic rings. The first kappa shape index (κ1) is 11.1. The normalized spacial score (nSPS) is 24.8. The average molecular weight is 219 g/mol. The molecule has 0 aliphatic heterocycles. The molecule has 1 aromatic carbocycles. The second-order valence-electron chi connectivity index (χ2n) is 4.43. The molecule has 1 aliphatic rings. The van der Waals surface area contributed by atoms with E-state index in [0.29, 0.717) is 25.2 Å². The Hall–Kier alpha value is -1.35. The van der Waals surface area contributed by atoms with Crippen LogP contribution in [-0.4, -0.2) is 19.4 Å². The summed E-state index contributed by atoms with van der Waals surface area (Å²) >= 11 is 0. The summed E-state index contributed by atoms with van der Waals surface area (Å²) in [7, 11) is 1.65. The van der Waals surface area contributed by atoms with E-state index in [0.717, 1.165) is 17.7 Å². The van der Waals surface area contributed by atoms with Gasteiger partial charge in [0.15, 0.2) is 0 Å². The van der Waals surface area contributed by atoms with Crippen LogP contribution in [0.5, 0.6) is 5.75 Å². The van der Waals surface area contributed by atoms with Crippen LogP contribution in [0.3, 0.4) is 0 Å². The van der Waals surface area contributed by atoms with Crippen molar-refractivity contribution < 1.29 is 9.53 Å². The number of methoxy groups -OCH3 is 1. The van der Waals surface area contributed by atoms with Crippen molar-refractivity contribution >= 4 is 5.78 Å². The van der Waals surface area contributed by atoms with E-state index in [1.807, 2.05) is 24.3 Å². The molecule has 0 spiro atoms. The predicted octanol–water partition coefficient (Wildman–Crippen LogP) is 1.64. The van der Waals surface area contributed by atoms with E-state index in [4.69, 9.17) is 10.5 Å². The molecule has 1 fully saturated rings. The van der Waals surface area contributed by atoms with Gasteiger partial charge in [-0.05, 0) is 24.1 Å². The Morgan fingerprint density at radius 3 is 2.50 bits per heavy atom. The fourth-order valence-electron chi connectivity index (χ4n) is 2.42. The summed E-state index contributed by atoms with van der Waals surface area (Å²) in [6, 6.07) is 7.89. The van der Waals surface area contributed by atoms with Crippen molar-refractivity contribution in [2.45, 2.75) is 24.7 Å². The summed E-state index contributed by atoms with van der Waals surface area (Å²) in [6.45, 7) is 0.533. The first-order valence-electron chi connectivity index (χ1n) is 5.56. The lowest BCUT2D eigenvalue weighted by Gasteiger charge is -2.27. The zero-order chi connectivity index (χ0) is 11.6. The second kappa shape index (κ2) is 4.26. The first-order chi connectivity index (χ1) is 7.70. The van der Waals surface area contributed by atoms with Crippen molar-refractivity contribution in [2.75, 3.05) is 13.7 Å². The third-order valence-electron chi connectivity index (χ3n) is 3.51. The molecule has 1 atom stereocenters. The van der Waals surface area contributed by atoms with E-state index in [9.17, 15) is 4.79 Å². The highest BCUT2D eigenvalue weighted by atomic mass is 16.5. The Labute approximate surface area is 95.6 Å². The van der Waals surface area contributed by atoms with Gasteiger partial charge in [0.05, 0.1) is 7.11 Å². The topological polar surface area (TPSA) is 52.3 Å². The fraction of sp³-hybridized carbons (Fsp3) is 0.462. The molecule has 1 saturated carbocycles. The molecule has 0 amide bonds. The molecule has 86 valence electrons. The van der Waals surface area contributed by atoms with Crippen LogP contribution in [-0.2, 0) is 10.2 Å². The van der Waals surface area contributed by atoms with Crippen LogP contribution >= 0.6 is 0 Å². The number of ketones is 1. The van der Waals surface area contributed by atoms with Gasteiger partial charge in [0, 0.05) is 24.8 Å². The largest absolute Gasteiger partial charge is 0.497 e. The van der Waals surface area contributed by atoms with E-state index in [1.165, 1.54) is 0 Å². The summed E-state index contributed by atoms with van der Waals surface area (Å²) in [6.07, 6.45) is 2.10. The third kappa shape index (κ3) is 1.83. The van der Waals surface area contributed by atoms with Crippen LogP contribution < -0.4 is 10.5 Å². The van der Waals surface area contributed by atoms with Crippen molar-refractivity contribution in [3.63, 3.8) is 0 Å². The molecule has 3 nitrogen and oxygen atoms in total. The van der Waals surface area contributed by atoms with Gasteiger partial charge in [-0.1, -0.05) is 12.1 Å². The summed E-state index contributed by atoms with van der Waals surface area (Å²) in [4.78, 5) is 11.4. The van der Waals surface area contributed by atoms with E-state index in [1.54, 1.807) is 7.11 Å². The number of hydrogen-bond donors (Lipinski definition) is 1. The lowest BCUT2D eigenvalue weighted by molar-refractivity contribution is -0.117. The van der Waals surface area contributed by atoms with E-state index in [-0.39, 0.29) is 5.41 Å². The fourth-order valence-corrected chi connectivity index (χ4v) is 2.42. The Morgan fingerprint density at radius 2 is 2.06 bits per heavy atom. The Bertz CT molecular complexity index is 385. The number of benzene rings is 1. The van der Waals surface area contributed by atoms with Crippen LogP contribution in [0.25, 0.3) is 0 Å². The lowest BCUT2D eigenvalue weighted by atomic mass is 9.79. The molecular formula is C13H17NO2. The lowest BCUT2D eigenvalue weighted by Crippen LogP contribution is -2.32. The van der Waals surface area contributed by atoms with Crippen LogP contribution in [0.1, 0.15) is 24.8 Å². The summed E-state index contributed by atoms with van der Waals surface area (Å²) in [5, 5.41) is 0. The minimum absolute atomic E-state index is 0.136. The van der Waals surface area contributed by atoms with Gasteiger partial charge in [0.2, 0.25) is 0 Å². The van der Waals surface area contributed by atoms with Gasteiger partial charge in [-0.2, -0.15) is 0 Å². The number of rotatable bonds is 3. The smallest absolute Gasteiger partial charge is 0.133 e. The molecule has 16 heavy (non-hydrogen) atoms. The number of Topliss-reactive ketones (excluding diaryl/α,β-unsaturated/α-hetero) is 1. The zero-order valence-electron chi connectivity index (χ0n) is 9.53. The molecule has 0 saturated heterocycles. The van der Waals surface area contributed by atoms with Gasteiger partial charge in [0.1, 0.15) is 11.5 Å². The molecular weight excluding hydrogens is 202 g/mol. The minimum atomic E-state index is -0.136. The average Bonchev–Trinajstić information content (AvgIpc) is 2.72. The van der Waals surface area contributed by atoms with Crippen LogP contribution in [0.15, 0.2) is 24.3 Å². The SMILES string of the molecule is COc1ccc(C2(CN)CCC(=O)C2)cc1. The second-order valence-corrected chi connectivity index (χ2v) is 4.43. The standard InChI is InChI=1S/C13H17NO2/c1-16-12-4-2-10(3-5-12)13(9-14)7-6-11(15)8-13/h2-5H,6-9,14H2,1H3. The number of carbonyl (C=O) groups excluding carboxylic acids is 1. The van der Waals surface area contributed by atoms with Crippen molar-refractivity contribution in [1.82, 2.24) is 0 Å². The molecule has 1 aliphatic carbocycles.